The van der Waals surface area contributed by atoms with Crippen molar-refractivity contribution in [3.8, 4) is 0 Å². The van der Waals surface area contributed by atoms with Gasteiger partial charge in [-0.2, -0.15) is 30.3 Å². The second kappa shape index (κ2) is 9.99. The molecule has 1 heteroatoms. The van der Waals surface area contributed by atoms with Crippen LogP contribution in [0, 0.1) is 0 Å². The van der Waals surface area contributed by atoms with Gasteiger partial charge in [0.15, 0.2) is 0 Å². The molecular weight excluding hydrogens is 296 g/mol. The summed E-state index contributed by atoms with van der Waals surface area (Å²) in [6, 6.07) is 29.0. The Hall–Kier alpha value is -1.82. The van der Waals surface area contributed by atoms with Crippen molar-refractivity contribution in [1.82, 2.24) is 0 Å². The first-order valence-electron chi connectivity index (χ1n) is 7.04. The van der Waals surface area contributed by atoms with Crippen LogP contribution in [-0.2, 0) is 17.1 Å². The van der Waals surface area contributed by atoms with Gasteiger partial charge in [-0.3, -0.25) is 0 Å². The molecule has 0 N–H and O–H groups in total. The Bertz CT molecular complexity index is 569. The summed E-state index contributed by atoms with van der Waals surface area (Å²) in [7, 11) is 0. The van der Waals surface area contributed by atoms with Crippen LogP contribution in [0.4, 0.5) is 0 Å². The minimum absolute atomic E-state index is 0. The fourth-order valence-electron chi connectivity index (χ4n) is 2.05. The van der Waals surface area contributed by atoms with Gasteiger partial charge in [0, 0.05) is 0 Å². The van der Waals surface area contributed by atoms with E-state index in [9.17, 15) is 0 Å². The summed E-state index contributed by atoms with van der Waals surface area (Å²) >= 11 is 0. The SMILES string of the molecule is CCC(=Cc1ccccc1)[c-]1cccc1.[Fe+2].c1cc[cH-]c1. The Kier molecular flexibility index (Phi) is 8.19. The normalized spacial score (nSPS) is 10.2. The largest absolute Gasteiger partial charge is 2.00 e. The maximum atomic E-state index is 2.26. The van der Waals surface area contributed by atoms with E-state index in [4.69, 9.17) is 0 Å². The van der Waals surface area contributed by atoms with Gasteiger partial charge in [-0.1, -0.05) is 42.8 Å². The van der Waals surface area contributed by atoms with Gasteiger partial charge in [0.25, 0.3) is 0 Å². The zero-order valence-corrected chi connectivity index (χ0v) is 13.3. The topological polar surface area (TPSA) is 0 Å². The van der Waals surface area contributed by atoms with Crippen molar-refractivity contribution in [3.05, 3.63) is 96.1 Å². The van der Waals surface area contributed by atoms with Gasteiger partial charge in [-0.15, -0.1) is 29.3 Å². The smallest absolute Gasteiger partial charge is 0.214 e. The Balaban J connectivity index is 0.000000313. The molecule has 0 saturated carbocycles. The molecule has 0 aromatic heterocycles. The number of allylic oxidation sites excluding steroid dienone is 1. The number of hydrogen-bond donors (Lipinski definition) is 0. The molecule has 108 valence electrons. The third kappa shape index (κ3) is 5.99. The van der Waals surface area contributed by atoms with Gasteiger partial charge >= 0.3 is 17.1 Å². The zero-order chi connectivity index (χ0) is 14.0. The molecule has 0 saturated heterocycles. The van der Waals surface area contributed by atoms with Crippen molar-refractivity contribution in [2.75, 3.05) is 0 Å². The molecule has 0 bridgehead atoms. The van der Waals surface area contributed by atoms with E-state index in [0.717, 1.165) is 6.42 Å². The van der Waals surface area contributed by atoms with Gasteiger partial charge in [0.2, 0.25) is 0 Å². The summed E-state index contributed by atoms with van der Waals surface area (Å²) in [5.41, 5.74) is 4.00. The minimum Gasteiger partial charge on any atom is -0.214 e. The minimum atomic E-state index is 0. The second-order valence-electron chi connectivity index (χ2n) is 4.57. The quantitative estimate of drug-likeness (QED) is 0.426. The molecule has 0 fully saturated rings. The predicted molar refractivity (Wildman–Crippen MR) is 88.7 cm³/mol. The van der Waals surface area contributed by atoms with Crippen molar-refractivity contribution in [2.24, 2.45) is 0 Å². The van der Waals surface area contributed by atoms with Crippen LogP contribution in [-0.4, -0.2) is 0 Å². The van der Waals surface area contributed by atoms with Crippen LogP contribution in [0.5, 0.6) is 0 Å². The second-order valence-corrected chi connectivity index (χ2v) is 4.57. The van der Waals surface area contributed by atoms with E-state index in [2.05, 4.69) is 61.5 Å². The van der Waals surface area contributed by atoms with E-state index >= 15 is 0 Å². The monoisotopic (exact) mass is 316 g/mol. The van der Waals surface area contributed by atoms with Gasteiger partial charge in [-0.25, -0.2) is 12.1 Å². The van der Waals surface area contributed by atoms with Gasteiger partial charge in [-0.05, 0) is 6.42 Å². The molecule has 3 rings (SSSR count). The van der Waals surface area contributed by atoms with E-state index in [0.29, 0.717) is 0 Å². The molecule has 0 nitrogen and oxygen atoms in total. The van der Waals surface area contributed by atoms with Crippen LogP contribution in [0.2, 0.25) is 0 Å². The maximum Gasteiger partial charge on any atom is 2.00 e. The fraction of sp³-hybridized carbons (Fsp3) is 0.100. The molecule has 3 aromatic carbocycles. The first-order chi connectivity index (χ1) is 9.90. The molecule has 0 atom stereocenters. The summed E-state index contributed by atoms with van der Waals surface area (Å²) in [5.74, 6) is 0. The molecule has 3 aromatic rings. The Labute approximate surface area is 138 Å². The van der Waals surface area contributed by atoms with Crippen LogP contribution < -0.4 is 0 Å². The third-order valence-corrected chi connectivity index (χ3v) is 3.11. The summed E-state index contributed by atoms with van der Waals surface area (Å²) in [5, 5.41) is 0. The van der Waals surface area contributed by atoms with E-state index < -0.39 is 0 Å². The van der Waals surface area contributed by atoms with Gasteiger partial charge in [0.05, 0.1) is 0 Å². The molecule has 21 heavy (non-hydrogen) atoms. The van der Waals surface area contributed by atoms with Crippen LogP contribution in [0.1, 0.15) is 24.5 Å². The number of benzene rings is 1. The van der Waals surface area contributed by atoms with Crippen LogP contribution in [0.3, 0.4) is 0 Å². The first-order valence-corrected chi connectivity index (χ1v) is 7.04. The maximum absolute atomic E-state index is 2.26. The van der Waals surface area contributed by atoms with E-state index in [-0.39, 0.29) is 17.1 Å². The van der Waals surface area contributed by atoms with Crippen LogP contribution in [0.25, 0.3) is 11.6 Å². The average molecular weight is 316 g/mol. The zero-order valence-electron chi connectivity index (χ0n) is 12.2. The van der Waals surface area contributed by atoms with Gasteiger partial charge < -0.3 is 0 Å². The number of hydrogen-bond acceptors (Lipinski definition) is 0. The average Bonchev–Trinajstić information content (AvgIpc) is 3.21. The molecule has 0 heterocycles. The van der Waals surface area contributed by atoms with Crippen LogP contribution in [0.15, 0.2) is 84.9 Å². The molecule has 0 spiro atoms. The van der Waals surface area contributed by atoms with Crippen molar-refractivity contribution in [3.63, 3.8) is 0 Å². The Morgan fingerprint density at radius 3 is 2.05 bits per heavy atom. The predicted octanol–water partition coefficient (Wildman–Crippen LogP) is 5.76. The third-order valence-electron chi connectivity index (χ3n) is 3.11. The van der Waals surface area contributed by atoms with Crippen LogP contribution >= 0.6 is 0 Å². The van der Waals surface area contributed by atoms with Crippen molar-refractivity contribution in [1.29, 1.82) is 0 Å². The Morgan fingerprint density at radius 1 is 0.952 bits per heavy atom. The van der Waals surface area contributed by atoms with Crippen molar-refractivity contribution in [2.45, 2.75) is 13.3 Å². The van der Waals surface area contributed by atoms with Gasteiger partial charge in [0.1, 0.15) is 0 Å². The summed E-state index contributed by atoms with van der Waals surface area (Å²) in [4.78, 5) is 0. The standard InChI is InChI=1S/C15H15.C5H5.Fe/c1-2-14(15-10-6-7-11-15)12-13-8-4-3-5-9-13;1-2-4-5-3-1;/h3-12H,2H2,1H3;1-5H;/q2*-1;+2. The van der Waals surface area contributed by atoms with E-state index in [1.807, 2.05) is 36.4 Å². The Morgan fingerprint density at radius 2 is 1.57 bits per heavy atom. The molecule has 0 radical (unpaired) electrons. The summed E-state index contributed by atoms with van der Waals surface area (Å²) in [6.07, 6.45) is 3.33. The summed E-state index contributed by atoms with van der Waals surface area (Å²) in [6.45, 7) is 2.20. The molecule has 0 aliphatic heterocycles. The first kappa shape index (κ1) is 17.2. The molecule has 0 aliphatic rings. The molecule has 0 unspecified atom stereocenters. The van der Waals surface area contributed by atoms with Crippen molar-refractivity contribution < 1.29 is 17.1 Å². The summed E-state index contributed by atoms with van der Waals surface area (Å²) < 4.78 is 0. The van der Waals surface area contributed by atoms with Crippen molar-refractivity contribution >= 4 is 11.6 Å². The van der Waals surface area contributed by atoms with E-state index in [1.165, 1.54) is 16.7 Å². The molecule has 0 amide bonds. The van der Waals surface area contributed by atoms with E-state index in [1.54, 1.807) is 0 Å². The molecule has 0 aliphatic carbocycles. The molecular formula is C20H20Fe. The fourth-order valence-corrected chi connectivity index (χ4v) is 2.05. The number of rotatable bonds is 3.